The van der Waals surface area contributed by atoms with E-state index >= 15 is 0 Å². The second-order valence-electron chi connectivity index (χ2n) is 6.11. The zero-order valence-corrected chi connectivity index (χ0v) is 16.1. The van der Waals surface area contributed by atoms with Crippen LogP contribution in [0.3, 0.4) is 0 Å². The van der Waals surface area contributed by atoms with E-state index in [1.165, 1.54) is 38.5 Å². The summed E-state index contributed by atoms with van der Waals surface area (Å²) in [5, 5.41) is 0. The second-order valence-corrected chi connectivity index (χ2v) is 6.11. The number of rotatable bonds is 1. The fourth-order valence-corrected chi connectivity index (χ4v) is 4.25. The van der Waals surface area contributed by atoms with Crippen molar-refractivity contribution in [3.8, 4) is 0 Å². The third kappa shape index (κ3) is 3.51. The molecule has 2 unspecified atom stereocenters. The maximum atomic E-state index is 3.50. The Morgan fingerprint density at radius 2 is 1.81 bits per heavy atom. The average molecular weight is 398 g/mol. The van der Waals surface area contributed by atoms with Gasteiger partial charge >= 0.3 is 26.2 Å². The van der Waals surface area contributed by atoms with Crippen LogP contribution in [0.15, 0.2) is 34.9 Å². The molecule has 0 aliphatic heterocycles. The molecule has 0 amide bonds. The summed E-state index contributed by atoms with van der Waals surface area (Å²) in [6, 6.07) is 0. The van der Waals surface area contributed by atoms with Crippen molar-refractivity contribution in [2.75, 3.05) is 0 Å². The first-order valence-electron chi connectivity index (χ1n) is 7.52. The largest absolute Gasteiger partial charge is 4.00 e. The third-order valence-electron chi connectivity index (χ3n) is 5.15. The molecular weight excluding hydrogens is 378 g/mol. The first-order valence-corrected chi connectivity index (χ1v) is 7.52. The standard InChI is InChI=1S/C13H15.C5H5.2ClH.Zr/c1-2-4-8(5-3-1)11-9-6-7-10-12(9)13(10)11;1-2-4-5-3-1;;;/h8,11,13H,1-6H2;1-3H,4H2;2*1H;/q2*-1;;;+4/p-2. The summed E-state index contributed by atoms with van der Waals surface area (Å²) < 4.78 is 0. The Kier molecular flexibility index (Phi) is 7.72. The Morgan fingerprint density at radius 3 is 2.24 bits per heavy atom. The molecular formula is C18H20Cl2Zr. The minimum atomic E-state index is 0. The van der Waals surface area contributed by atoms with Crippen LogP contribution < -0.4 is 24.8 Å². The van der Waals surface area contributed by atoms with Gasteiger partial charge in [-0.05, 0) is 24.7 Å². The van der Waals surface area contributed by atoms with E-state index in [0.29, 0.717) is 0 Å². The van der Waals surface area contributed by atoms with Gasteiger partial charge in [0.25, 0.3) is 0 Å². The normalized spacial score (nSPS) is 29.8. The molecule has 3 heteroatoms. The fourth-order valence-electron chi connectivity index (χ4n) is 4.25. The van der Waals surface area contributed by atoms with Crippen LogP contribution in [-0.2, 0) is 26.2 Å². The minimum Gasteiger partial charge on any atom is -1.00 e. The van der Waals surface area contributed by atoms with Crippen molar-refractivity contribution in [3.05, 3.63) is 47.1 Å². The van der Waals surface area contributed by atoms with Crippen molar-refractivity contribution in [3.63, 3.8) is 0 Å². The van der Waals surface area contributed by atoms with Crippen LogP contribution in [0.5, 0.6) is 0 Å². The maximum Gasteiger partial charge on any atom is 4.00 e. The molecule has 0 N–H and O–H groups in total. The van der Waals surface area contributed by atoms with Crippen molar-refractivity contribution in [1.82, 2.24) is 0 Å². The molecule has 2 fully saturated rings. The van der Waals surface area contributed by atoms with Gasteiger partial charge in [0.2, 0.25) is 0 Å². The molecule has 0 heterocycles. The fraction of sp³-hybridized carbons (Fsp3) is 0.556. The quantitative estimate of drug-likeness (QED) is 0.475. The summed E-state index contributed by atoms with van der Waals surface area (Å²) in [7, 11) is 0. The van der Waals surface area contributed by atoms with Gasteiger partial charge < -0.3 is 24.8 Å². The summed E-state index contributed by atoms with van der Waals surface area (Å²) in [4.78, 5) is 0. The maximum absolute atomic E-state index is 3.50. The van der Waals surface area contributed by atoms with E-state index in [2.05, 4.69) is 18.2 Å². The van der Waals surface area contributed by atoms with Crippen molar-refractivity contribution in [2.45, 2.75) is 44.9 Å². The molecule has 0 aromatic rings. The van der Waals surface area contributed by atoms with Crippen molar-refractivity contribution < 1.29 is 51.0 Å². The Bertz CT molecular complexity index is 471. The summed E-state index contributed by atoms with van der Waals surface area (Å²) >= 11 is 0. The molecule has 2 atom stereocenters. The average Bonchev–Trinajstić information content (AvgIpc) is 2.87. The molecule has 0 nitrogen and oxygen atoms in total. The van der Waals surface area contributed by atoms with Gasteiger partial charge in [0, 0.05) is 0 Å². The van der Waals surface area contributed by atoms with Crippen LogP contribution in [0.2, 0.25) is 0 Å². The SMILES string of the molecule is [C-]1=C2C3=C(C1)C(C1CCCCC1)C23.[C-]1=CC=CC1.[Cl-].[Cl-].[Zr+4]. The van der Waals surface area contributed by atoms with Gasteiger partial charge in [-0.15, -0.1) is 12.8 Å². The first kappa shape index (κ1) is 19.5. The van der Waals surface area contributed by atoms with Crippen molar-refractivity contribution in [1.29, 1.82) is 0 Å². The Hall–Kier alpha value is 0.423. The smallest absolute Gasteiger partial charge is 1.00 e. The molecule has 5 rings (SSSR count). The van der Waals surface area contributed by atoms with E-state index in [9.17, 15) is 0 Å². The van der Waals surface area contributed by atoms with Gasteiger partial charge in [0.1, 0.15) is 0 Å². The second kappa shape index (κ2) is 8.32. The molecule has 5 aliphatic rings. The summed E-state index contributed by atoms with van der Waals surface area (Å²) in [6.45, 7) is 0. The molecule has 2 saturated carbocycles. The molecule has 0 aromatic carbocycles. The Labute approximate surface area is 160 Å². The first-order chi connectivity index (χ1) is 8.97. The number of hydrogen-bond acceptors (Lipinski definition) is 0. The van der Waals surface area contributed by atoms with E-state index < -0.39 is 0 Å². The van der Waals surface area contributed by atoms with Gasteiger partial charge in [0.15, 0.2) is 0 Å². The van der Waals surface area contributed by atoms with Crippen molar-refractivity contribution in [2.24, 2.45) is 17.8 Å². The van der Waals surface area contributed by atoms with E-state index in [0.717, 1.165) is 24.2 Å². The molecule has 21 heavy (non-hydrogen) atoms. The third-order valence-corrected chi connectivity index (χ3v) is 5.15. The Balaban J connectivity index is 0.000000243. The predicted octanol–water partition coefficient (Wildman–Crippen LogP) is -1.43. The van der Waals surface area contributed by atoms with E-state index in [-0.39, 0.29) is 51.0 Å². The van der Waals surface area contributed by atoms with E-state index in [4.69, 9.17) is 0 Å². The van der Waals surface area contributed by atoms with Crippen LogP contribution in [-0.4, -0.2) is 0 Å². The van der Waals surface area contributed by atoms with Crippen LogP contribution in [0.25, 0.3) is 0 Å². The molecule has 110 valence electrons. The summed E-state index contributed by atoms with van der Waals surface area (Å²) in [5.74, 6) is 3.04. The minimum absolute atomic E-state index is 0. The van der Waals surface area contributed by atoms with E-state index in [1.807, 2.05) is 17.7 Å². The molecule has 0 bridgehead atoms. The van der Waals surface area contributed by atoms with Gasteiger partial charge in [-0.2, -0.15) is 17.2 Å². The number of hydrogen-bond donors (Lipinski definition) is 0. The van der Waals surface area contributed by atoms with Crippen molar-refractivity contribution >= 4 is 0 Å². The van der Waals surface area contributed by atoms with E-state index in [1.54, 1.807) is 11.1 Å². The van der Waals surface area contributed by atoms with Gasteiger partial charge in [-0.25, -0.2) is 17.7 Å². The number of allylic oxidation sites excluding steroid dienone is 8. The van der Waals surface area contributed by atoms with Crippen LogP contribution >= 0.6 is 0 Å². The zero-order valence-electron chi connectivity index (χ0n) is 12.2. The molecule has 0 spiro atoms. The monoisotopic (exact) mass is 396 g/mol. The van der Waals surface area contributed by atoms with Gasteiger partial charge in [-0.3, -0.25) is 12.2 Å². The zero-order chi connectivity index (χ0) is 11.9. The summed E-state index contributed by atoms with van der Waals surface area (Å²) in [6.07, 6.45) is 22.2. The topological polar surface area (TPSA) is 0 Å². The molecule has 0 aromatic heterocycles. The van der Waals surface area contributed by atoms with Gasteiger partial charge in [0.05, 0.1) is 0 Å². The van der Waals surface area contributed by atoms with Crippen LogP contribution in [0, 0.1) is 29.9 Å². The van der Waals surface area contributed by atoms with Crippen LogP contribution in [0.4, 0.5) is 0 Å². The van der Waals surface area contributed by atoms with Crippen LogP contribution in [0.1, 0.15) is 44.9 Å². The summed E-state index contributed by atoms with van der Waals surface area (Å²) in [5.41, 5.74) is 5.22. The predicted molar refractivity (Wildman–Crippen MR) is 73.5 cm³/mol. The van der Waals surface area contributed by atoms with Gasteiger partial charge in [-0.1, -0.05) is 25.2 Å². The number of halogens is 2. The molecule has 0 radical (unpaired) electrons. The molecule has 0 saturated heterocycles. The molecule has 5 aliphatic carbocycles. The Morgan fingerprint density at radius 1 is 1.05 bits per heavy atom. The number of fused-ring (bicyclic) bond motifs is 1.